The number of nitrogens with zero attached hydrogens (tertiary/aromatic N) is 2. The number of benzene rings is 7. The van der Waals surface area contributed by atoms with Crippen molar-refractivity contribution in [3.05, 3.63) is 196 Å². The normalized spacial score (nSPS) is 16.2. The van der Waals surface area contributed by atoms with Crippen molar-refractivity contribution in [1.29, 1.82) is 0 Å². The van der Waals surface area contributed by atoms with E-state index in [2.05, 4.69) is 10.3 Å². The van der Waals surface area contributed by atoms with Crippen LogP contribution in [0.25, 0.3) is 0 Å². The van der Waals surface area contributed by atoms with Gasteiger partial charge in [0.25, 0.3) is 0 Å². The predicted molar refractivity (Wildman–Crippen MR) is 242 cm³/mol. The van der Waals surface area contributed by atoms with Crippen LogP contribution < -0.4 is 23.7 Å². The maximum atomic E-state index is 10.1. The number of oxime groups is 2. The molecule has 2 heterocycles. The number of ether oxygens (including phenoxy) is 5. The molecule has 0 bridgehead atoms. The molecule has 330 valence electrons. The summed E-state index contributed by atoms with van der Waals surface area (Å²) in [6, 6.07) is 46.3. The molecule has 0 radical (unpaired) electrons. The second kappa shape index (κ2) is 19.8. The van der Waals surface area contributed by atoms with Gasteiger partial charge in [0, 0.05) is 47.2 Å². The highest BCUT2D eigenvalue weighted by Crippen LogP contribution is 2.43. The molecule has 13 nitrogen and oxygen atoms in total. The first kappa shape index (κ1) is 43.3. The van der Waals surface area contributed by atoms with Crippen LogP contribution in [-0.4, -0.2) is 42.3 Å². The average Bonchev–Trinajstić information content (AvgIpc) is 3.33. The lowest BCUT2D eigenvalue weighted by Gasteiger charge is -2.29. The van der Waals surface area contributed by atoms with E-state index in [1.165, 1.54) is 30.3 Å². The third kappa shape index (κ3) is 10.3. The standard InChI is InChI=1S/C37H33NO5.C15H13NO6/c1-26-19-34(41-24-28-13-7-3-8-14-28)31-22-32(38-39)37(43-35(31)20-26)30-17-18-33(40-23-27-11-5-2-6-12-27)36(21-30)42-25-29-15-9-4-10-16-29;17-8-4-12(19)9-6-10(16-21)15(22-14(9)5-8)7-1-2-11(18)13(20)3-7/h2-21,37,39H,22-25H2,1H3;1-5,15,17-21H,6H2/b38-32-;16-10-/t37-;15-/m11/s1. The van der Waals surface area contributed by atoms with Gasteiger partial charge < -0.3 is 54.5 Å². The lowest BCUT2D eigenvalue weighted by Crippen LogP contribution is -2.27. The number of aromatic hydroxyl groups is 4. The summed E-state index contributed by atoms with van der Waals surface area (Å²) in [6.45, 7) is 3.22. The number of phenols is 4. The van der Waals surface area contributed by atoms with Crippen molar-refractivity contribution in [2.75, 3.05) is 0 Å². The van der Waals surface area contributed by atoms with Crippen molar-refractivity contribution in [3.8, 4) is 51.7 Å². The van der Waals surface area contributed by atoms with E-state index in [0.717, 1.165) is 39.1 Å². The summed E-state index contributed by atoms with van der Waals surface area (Å²) in [4.78, 5) is 0. The Morgan fingerprint density at radius 3 is 1.52 bits per heavy atom. The van der Waals surface area contributed by atoms with Crippen molar-refractivity contribution in [1.82, 2.24) is 0 Å². The Labute approximate surface area is 374 Å². The zero-order chi connectivity index (χ0) is 45.3. The Morgan fingerprint density at radius 2 is 0.969 bits per heavy atom. The summed E-state index contributed by atoms with van der Waals surface area (Å²) >= 11 is 0. The minimum atomic E-state index is -0.815. The molecule has 9 rings (SSSR count). The number of hydrogen-bond acceptors (Lipinski definition) is 13. The summed E-state index contributed by atoms with van der Waals surface area (Å²) in [5.74, 6) is 1.95. The molecule has 65 heavy (non-hydrogen) atoms. The van der Waals surface area contributed by atoms with Gasteiger partial charge in [-0.05, 0) is 65.6 Å². The van der Waals surface area contributed by atoms with Crippen LogP contribution in [0.5, 0.6) is 51.7 Å². The topological polar surface area (TPSA) is 192 Å². The fourth-order valence-electron chi connectivity index (χ4n) is 7.52. The largest absolute Gasteiger partial charge is 0.508 e. The van der Waals surface area contributed by atoms with E-state index < -0.39 is 12.2 Å². The molecule has 2 aliphatic heterocycles. The van der Waals surface area contributed by atoms with Gasteiger partial charge in [0.1, 0.15) is 60.0 Å². The minimum absolute atomic E-state index is 0.115. The zero-order valence-corrected chi connectivity index (χ0v) is 35.2. The highest BCUT2D eigenvalue weighted by Gasteiger charge is 2.33. The van der Waals surface area contributed by atoms with Gasteiger partial charge in [0.2, 0.25) is 0 Å². The van der Waals surface area contributed by atoms with E-state index in [9.17, 15) is 30.8 Å². The van der Waals surface area contributed by atoms with E-state index >= 15 is 0 Å². The molecule has 0 spiro atoms. The lowest BCUT2D eigenvalue weighted by molar-refractivity contribution is 0.234. The Balaban J connectivity index is 0.000000219. The van der Waals surface area contributed by atoms with Gasteiger partial charge in [0.15, 0.2) is 35.2 Å². The molecule has 7 aromatic carbocycles. The number of fused-ring (bicyclic) bond motifs is 2. The fraction of sp³-hybridized carbons (Fsp3) is 0.154. The Bertz CT molecular complexity index is 2820. The van der Waals surface area contributed by atoms with E-state index in [0.29, 0.717) is 60.3 Å². The summed E-state index contributed by atoms with van der Waals surface area (Å²) < 4.78 is 30.9. The van der Waals surface area contributed by atoms with Gasteiger partial charge in [0.05, 0.1) is 0 Å². The number of aryl methyl sites for hydroxylation is 1. The van der Waals surface area contributed by atoms with Crippen molar-refractivity contribution in [3.63, 3.8) is 0 Å². The van der Waals surface area contributed by atoms with Crippen LogP contribution in [-0.2, 0) is 32.7 Å². The van der Waals surface area contributed by atoms with Crippen LogP contribution >= 0.6 is 0 Å². The van der Waals surface area contributed by atoms with Crippen LogP contribution in [0, 0.1) is 6.92 Å². The third-order valence-electron chi connectivity index (χ3n) is 10.8. The smallest absolute Gasteiger partial charge is 0.166 e. The molecule has 13 heteroatoms. The van der Waals surface area contributed by atoms with Gasteiger partial charge in [-0.3, -0.25) is 0 Å². The van der Waals surface area contributed by atoms with Gasteiger partial charge in [-0.25, -0.2) is 0 Å². The predicted octanol–water partition coefficient (Wildman–Crippen LogP) is 10.3. The number of hydrogen-bond donors (Lipinski definition) is 6. The molecular weight excluding hydrogens is 829 g/mol. The van der Waals surface area contributed by atoms with Crippen molar-refractivity contribution in [2.45, 2.75) is 51.8 Å². The quantitative estimate of drug-likeness (QED) is 0.0412. The molecular formula is C52H46N2O11. The second-order valence-corrected chi connectivity index (χ2v) is 15.5. The van der Waals surface area contributed by atoms with Gasteiger partial charge in [-0.2, -0.15) is 0 Å². The van der Waals surface area contributed by atoms with E-state index in [1.54, 1.807) is 0 Å². The van der Waals surface area contributed by atoms with Crippen molar-refractivity contribution >= 4 is 11.4 Å². The fourth-order valence-corrected chi connectivity index (χ4v) is 7.52. The molecule has 7 aromatic rings. The maximum absolute atomic E-state index is 10.1. The lowest BCUT2D eigenvalue weighted by atomic mass is 9.93. The highest BCUT2D eigenvalue weighted by molar-refractivity contribution is 5.95. The molecule has 0 amide bonds. The van der Waals surface area contributed by atoms with Crippen LogP contribution in [0.2, 0.25) is 0 Å². The molecule has 0 aromatic heterocycles. The second-order valence-electron chi connectivity index (χ2n) is 15.5. The van der Waals surface area contributed by atoms with Crippen LogP contribution in [0.1, 0.15) is 56.7 Å². The van der Waals surface area contributed by atoms with Crippen LogP contribution in [0.15, 0.2) is 162 Å². The Morgan fingerprint density at radius 1 is 0.477 bits per heavy atom. The van der Waals surface area contributed by atoms with E-state index in [-0.39, 0.29) is 40.9 Å². The maximum Gasteiger partial charge on any atom is 0.166 e. The first-order chi connectivity index (χ1) is 31.6. The molecule has 6 N–H and O–H groups in total. The highest BCUT2D eigenvalue weighted by atomic mass is 16.5. The molecule has 0 aliphatic carbocycles. The van der Waals surface area contributed by atoms with Gasteiger partial charge >= 0.3 is 0 Å². The Hall–Kier alpha value is -8.32. The summed E-state index contributed by atoms with van der Waals surface area (Å²) in [6.07, 6.45) is -0.925. The molecule has 0 fully saturated rings. The zero-order valence-electron chi connectivity index (χ0n) is 35.2. The van der Waals surface area contributed by atoms with Gasteiger partial charge in [-0.15, -0.1) is 0 Å². The van der Waals surface area contributed by atoms with E-state index in [4.69, 9.17) is 23.7 Å². The molecule has 0 saturated heterocycles. The molecule has 0 unspecified atom stereocenters. The molecule has 2 atom stereocenters. The first-order valence-corrected chi connectivity index (χ1v) is 20.7. The first-order valence-electron chi connectivity index (χ1n) is 20.7. The number of phenolic OH excluding ortho intramolecular Hbond substituents is 4. The summed E-state index contributed by atoms with van der Waals surface area (Å²) in [5.41, 5.74) is 7.38. The molecule has 2 aliphatic rings. The summed E-state index contributed by atoms with van der Waals surface area (Å²) in [7, 11) is 0. The summed E-state index contributed by atoms with van der Waals surface area (Å²) in [5, 5.41) is 64.5. The minimum Gasteiger partial charge on any atom is -0.508 e. The van der Waals surface area contributed by atoms with Gasteiger partial charge in [-0.1, -0.05) is 113 Å². The van der Waals surface area contributed by atoms with Crippen molar-refractivity contribution < 1.29 is 54.5 Å². The van der Waals surface area contributed by atoms with Crippen LogP contribution in [0.3, 0.4) is 0 Å². The molecule has 0 saturated carbocycles. The van der Waals surface area contributed by atoms with Crippen molar-refractivity contribution in [2.24, 2.45) is 10.3 Å². The Kier molecular flexibility index (Phi) is 13.2. The average molecular weight is 875 g/mol. The number of rotatable bonds is 11. The monoisotopic (exact) mass is 874 g/mol. The third-order valence-corrected chi connectivity index (χ3v) is 10.8. The van der Waals surface area contributed by atoms with Crippen LogP contribution in [0.4, 0.5) is 0 Å². The van der Waals surface area contributed by atoms with E-state index in [1.807, 2.05) is 128 Å². The SMILES string of the molecule is Cc1cc(OCc2ccccc2)c2c(c1)O[C@H](c1ccc(OCc3ccccc3)c(OCc3ccccc3)c1)/C(=N\O)C2.O/N=C1/Cc2c(O)cc(O)cc2O[C@@H]1c1ccc(O)c(O)c1.